The molecule has 0 aliphatic carbocycles. The van der Waals surface area contributed by atoms with Gasteiger partial charge >= 0.3 is 0 Å². The zero-order valence-electron chi connectivity index (χ0n) is 72.6. The van der Waals surface area contributed by atoms with Gasteiger partial charge in [-0.1, -0.05) is 358 Å². The molecule has 0 unspecified atom stereocenters. The summed E-state index contributed by atoms with van der Waals surface area (Å²) in [5.41, 5.74) is 20.8. The Bertz CT molecular complexity index is 9200. The van der Waals surface area contributed by atoms with Crippen LogP contribution in [0.2, 0.25) is 0 Å². The van der Waals surface area contributed by atoms with Crippen LogP contribution in [0.15, 0.2) is 468 Å². The maximum absolute atomic E-state index is 6.23. The molecule has 0 atom stereocenters. The van der Waals surface area contributed by atoms with Gasteiger partial charge in [-0.3, -0.25) is 0 Å². The van der Waals surface area contributed by atoms with Crippen LogP contribution in [0.4, 0.5) is 0 Å². The summed E-state index contributed by atoms with van der Waals surface area (Å²) in [5, 5.41) is 20.6. The number of aromatic nitrogens is 9. The number of fused-ring (bicyclic) bond motifs is 15. The van der Waals surface area contributed by atoms with Crippen LogP contribution in [0.3, 0.4) is 0 Å². The predicted molar refractivity (Wildman–Crippen MR) is 552 cm³/mol. The molecule has 630 valence electrons. The third-order valence-electron chi connectivity index (χ3n) is 25.5. The zero-order valence-corrected chi connectivity index (χ0v) is 72.6. The standard InChI is InChI=1S/3C41H25N3O/c1-3-11-26(12-4-1)39-42-40(27-13-5-2-6-14-27)44-41(43-39)32-22-29-15-7-8-16-33(29)35(24-32)30-20-19-28-25-38-36(23-31(28)21-30)34-17-9-10-18-37(34)45-38;1-3-10-26(11-4-1)39-42-40(27-12-5-2-6-13-27)44-41(43-39)31-20-21-34-29(22-31)14-9-16-33(34)30-19-18-28-25-38-36(24-32(28)23-30)35-15-7-8-17-37(35)45-38;1-2-11-27(12-3-1)39-42-40(30-19-18-26-10-4-5-13-28(26)24-30)44-41(43-39)36-23-22-31(32-14-6-7-15-33(32)36)29-20-21-35-34-16-8-9-17-37(34)45-38(35)25-29/h3*1-25H. The first-order chi connectivity index (χ1) is 66.8. The van der Waals surface area contributed by atoms with Crippen molar-refractivity contribution in [1.29, 1.82) is 0 Å². The number of para-hydroxylation sites is 3. The summed E-state index contributed by atoms with van der Waals surface area (Å²) in [6.07, 6.45) is 0. The second kappa shape index (κ2) is 33.6. The highest BCUT2D eigenvalue weighted by molar-refractivity contribution is 6.14. The van der Waals surface area contributed by atoms with E-state index in [1.165, 1.54) is 38.1 Å². The first-order valence-corrected chi connectivity index (χ1v) is 45.1. The van der Waals surface area contributed by atoms with Crippen molar-refractivity contribution in [3.63, 3.8) is 0 Å². The van der Waals surface area contributed by atoms with Crippen LogP contribution in [0, 0.1) is 0 Å². The van der Waals surface area contributed by atoms with Gasteiger partial charge in [-0.05, 0) is 195 Å². The average molecular weight is 1730 g/mol. The van der Waals surface area contributed by atoms with E-state index in [1.54, 1.807) is 0 Å². The summed E-state index contributed by atoms with van der Waals surface area (Å²) in [6.45, 7) is 0. The van der Waals surface area contributed by atoms with E-state index in [2.05, 4.69) is 261 Å². The highest BCUT2D eigenvalue weighted by Crippen LogP contribution is 2.44. The third kappa shape index (κ3) is 15.0. The number of hydrogen-bond donors (Lipinski definition) is 0. The lowest BCUT2D eigenvalue weighted by Crippen LogP contribution is -2.00. The Labute approximate surface area is 774 Å². The lowest BCUT2D eigenvalue weighted by Gasteiger charge is -2.13. The van der Waals surface area contributed by atoms with Crippen LogP contribution in [0.5, 0.6) is 0 Å². The monoisotopic (exact) mass is 1730 g/mol. The molecule has 0 N–H and O–H groups in total. The van der Waals surface area contributed by atoms with E-state index < -0.39 is 0 Å². The summed E-state index contributed by atoms with van der Waals surface area (Å²) in [6, 6.07) is 157. The number of rotatable bonds is 12. The number of benzene rings is 21. The van der Waals surface area contributed by atoms with Gasteiger partial charge in [-0.2, -0.15) is 0 Å². The topological polar surface area (TPSA) is 155 Å². The Morgan fingerprint density at radius 2 is 0.393 bits per heavy atom. The zero-order chi connectivity index (χ0) is 89.2. The van der Waals surface area contributed by atoms with Gasteiger partial charge in [0.05, 0.1) is 0 Å². The Morgan fingerprint density at radius 1 is 0.111 bits per heavy atom. The Morgan fingerprint density at radius 3 is 0.889 bits per heavy atom. The van der Waals surface area contributed by atoms with Gasteiger partial charge in [0.1, 0.15) is 33.5 Å². The van der Waals surface area contributed by atoms with Gasteiger partial charge in [-0.25, -0.2) is 44.9 Å². The molecule has 0 radical (unpaired) electrons. The summed E-state index contributed by atoms with van der Waals surface area (Å²) in [7, 11) is 0. The first-order valence-electron chi connectivity index (χ1n) is 45.1. The predicted octanol–water partition coefficient (Wildman–Crippen LogP) is 32.2. The molecule has 0 aliphatic rings. The van der Waals surface area contributed by atoms with E-state index in [0.29, 0.717) is 52.4 Å². The van der Waals surface area contributed by atoms with Crippen molar-refractivity contribution in [2.45, 2.75) is 0 Å². The molecule has 135 heavy (non-hydrogen) atoms. The molecule has 27 rings (SSSR count). The van der Waals surface area contributed by atoms with Crippen LogP contribution in [-0.2, 0) is 0 Å². The summed E-state index contributed by atoms with van der Waals surface area (Å²) in [4.78, 5) is 44.7. The molecule has 21 aromatic carbocycles. The molecular formula is C123H75N9O3. The largest absolute Gasteiger partial charge is 0.456 e. The van der Waals surface area contributed by atoms with E-state index in [4.69, 9.17) is 58.1 Å². The SMILES string of the molecule is c1ccc(-c2nc(-c3ccc4ccccc4c3)nc(-c3ccc(-c4ccc5c(c4)oc4ccccc45)c4ccccc34)n2)cc1.c1ccc(-c2nc(-c3ccccc3)nc(-c3cc(-c4ccc5cc6oc7ccccc7c6cc5c4)c4ccccc4c3)n2)cc1.c1ccc(-c2nc(-c3ccccc3)nc(-c3ccc4c(-c5ccc6cc7oc8ccccc8c7cc6c5)cccc4c3)n2)cc1. The Kier molecular flexibility index (Phi) is 19.6. The van der Waals surface area contributed by atoms with Crippen molar-refractivity contribution in [2.24, 2.45) is 0 Å². The number of hydrogen-bond acceptors (Lipinski definition) is 12. The molecule has 27 aromatic rings. The van der Waals surface area contributed by atoms with E-state index in [-0.39, 0.29) is 0 Å². The van der Waals surface area contributed by atoms with Gasteiger partial charge in [-0.15, -0.1) is 0 Å². The van der Waals surface area contributed by atoms with E-state index in [9.17, 15) is 0 Å². The fraction of sp³-hybridized carbons (Fsp3) is 0. The molecule has 0 fully saturated rings. The highest BCUT2D eigenvalue weighted by Gasteiger charge is 2.23. The smallest absolute Gasteiger partial charge is 0.164 e. The van der Waals surface area contributed by atoms with E-state index >= 15 is 0 Å². The van der Waals surface area contributed by atoms with Crippen molar-refractivity contribution in [3.05, 3.63) is 455 Å². The fourth-order valence-corrected chi connectivity index (χ4v) is 18.8. The third-order valence-corrected chi connectivity index (χ3v) is 25.5. The maximum Gasteiger partial charge on any atom is 0.164 e. The average Bonchev–Trinajstić information content (AvgIpc) is 1.64. The molecule has 0 bridgehead atoms. The van der Waals surface area contributed by atoms with Crippen LogP contribution in [0.1, 0.15) is 0 Å². The van der Waals surface area contributed by atoms with Crippen molar-refractivity contribution in [2.75, 3.05) is 0 Å². The minimum absolute atomic E-state index is 0.641. The summed E-state index contributed by atoms with van der Waals surface area (Å²) in [5.74, 6) is 5.84. The van der Waals surface area contributed by atoms with Gasteiger partial charge in [0, 0.05) is 82.4 Å². The normalized spacial score (nSPS) is 11.6. The number of furan rings is 3. The van der Waals surface area contributed by atoms with Crippen LogP contribution in [-0.4, -0.2) is 44.9 Å². The van der Waals surface area contributed by atoms with Crippen molar-refractivity contribution >= 4 is 130 Å². The lowest BCUT2D eigenvalue weighted by atomic mass is 9.93. The minimum atomic E-state index is 0.641. The fourth-order valence-electron chi connectivity index (χ4n) is 18.8. The maximum atomic E-state index is 6.23. The first kappa shape index (κ1) is 78.8. The highest BCUT2D eigenvalue weighted by atomic mass is 16.3. The lowest BCUT2D eigenvalue weighted by molar-refractivity contribution is 0.669. The van der Waals surface area contributed by atoms with Gasteiger partial charge in [0.25, 0.3) is 0 Å². The molecule has 12 nitrogen and oxygen atoms in total. The minimum Gasteiger partial charge on any atom is -0.456 e. The van der Waals surface area contributed by atoms with E-state index in [0.717, 1.165) is 176 Å². The molecule has 0 spiro atoms. The van der Waals surface area contributed by atoms with Crippen molar-refractivity contribution < 1.29 is 13.3 Å². The van der Waals surface area contributed by atoms with Crippen molar-refractivity contribution in [3.8, 4) is 136 Å². The van der Waals surface area contributed by atoms with Crippen LogP contribution in [0.25, 0.3) is 266 Å². The molecule has 0 saturated carbocycles. The van der Waals surface area contributed by atoms with Gasteiger partial charge < -0.3 is 13.3 Å². The molecule has 0 aliphatic heterocycles. The Hall–Kier alpha value is -18.4. The quantitative estimate of drug-likeness (QED) is 0.114. The van der Waals surface area contributed by atoms with Gasteiger partial charge in [0.2, 0.25) is 0 Å². The number of nitrogens with zero attached hydrogens (tertiary/aromatic N) is 9. The molecule has 12 heteroatoms. The Balaban J connectivity index is 0.000000108. The summed E-state index contributed by atoms with van der Waals surface area (Å²) >= 11 is 0. The van der Waals surface area contributed by atoms with E-state index in [1.807, 2.05) is 194 Å². The second-order valence-electron chi connectivity index (χ2n) is 33.8. The molecular weight excluding hydrogens is 1650 g/mol. The molecule has 0 amide bonds. The van der Waals surface area contributed by atoms with Gasteiger partial charge in [0.15, 0.2) is 52.4 Å². The second-order valence-corrected chi connectivity index (χ2v) is 33.8. The van der Waals surface area contributed by atoms with Crippen LogP contribution < -0.4 is 0 Å². The van der Waals surface area contributed by atoms with Crippen molar-refractivity contribution in [1.82, 2.24) is 44.9 Å². The molecule has 6 heterocycles. The molecule has 0 saturated heterocycles. The molecule has 6 aromatic heterocycles. The summed E-state index contributed by atoms with van der Waals surface area (Å²) < 4.78 is 18.5. The van der Waals surface area contributed by atoms with Crippen LogP contribution >= 0.6 is 0 Å².